The number of hydrogen-bond acceptors (Lipinski definition) is 4. The van der Waals surface area contributed by atoms with Crippen LogP contribution < -0.4 is 11.1 Å². The predicted molar refractivity (Wildman–Crippen MR) is 62.9 cm³/mol. The fourth-order valence-corrected chi connectivity index (χ4v) is 1.49. The van der Waals surface area contributed by atoms with E-state index in [0.717, 1.165) is 0 Å². The highest BCUT2D eigenvalue weighted by Gasteiger charge is 2.32. The molecule has 0 rings (SSSR count). The van der Waals surface area contributed by atoms with E-state index in [4.69, 9.17) is 15.2 Å². The minimum Gasteiger partial charge on any atom is -0.354 e. The normalized spacial score (nSPS) is 13.9. The molecule has 5 nitrogen and oxygen atoms in total. The van der Waals surface area contributed by atoms with Gasteiger partial charge in [-0.3, -0.25) is 4.79 Å². The molecule has 3 N–H and O–H groups in total. The first kappa shape index (κ1) is 15.3. The van der Waals surface area contributed by atoms with Crippen LogP contribution in [-0.4, -0.2) is 38.0 Å². The molecule has 1 amide bonds. The van der Waals surface area contributed by atoms with E-state index < -0.39 is 11.8 Å². The SMILES string of the molecule is CCC(N)(CC)C(=O)NC(C)C(OC)OC. The molecular formula is C11H24N2O3. The highest BCUT2D eigenvalue weighted by Crippen LogP contribution is 2.12. The van der Waals surface area contributed by atoms with Crippen LogP contribution in [0.2, 0.25) is 0 Å². The molecule has 0 radical (unpaired) electrons. The first-order valence-corrected chi connectivity index (χ1v) is 5.60. The standard InChI is InChI=1S/C11H24N2O3/c1-6-11(12,7-2)10(14)13-8(3)9(15-4)16-5/h8-9H,6-7,12H2,1-5H3,(H,13,14). The number of carbonyl (C=O) groups is 1. The molecule has 0 aliphatic rings. The van der Waals surface area contributed by atoms with Crippen LogP contribution in [0.3, 0.4) is 0 Å². The summed E-state index contributed by atoms with van der Waals surface area (Å²) in [7, 11) is 3.07. The van der Waals surface area contributed by atoms with Crippen LogP contribution in [0.5, 0.6) is 0 Å². The second-order valence-corrected chi connectivity index (χ2v) is 3.97. The molecule has 1 unspecified atom stereocenters. The van der Waals surface area contributed by atoms with Gasteiger partial charge in [0, 0.05) is 14.2 Å². The van der Waals surface area contributed by atoms with Gasteiger partial charge >= 0.3 is 0 Å². The van der Waals surface area contributed by atoms with Crippen molar-refractivity contribution < 1.29 is 14.3 Å². The van der Waals surface area contributed by atoms with E-state index in [9.17, 15) is 4.79 Å². The molecule has 0 bridgehead atoms. The third-order valence-electron chi connectivity index (χ3n) is 2.95. The van der Waals surface area contributed by atoms with Gasteiger partial charge < -0.3 is 20.5 Å². The summed E-state index contributed by atoms with van der Waals surface area (Å²) < 4.78 is 10.1. The van der Waals surface area contributed by atoms with Crippen molar-refractivity contribution in [1.29, 1.82) is 0 Å². The van der Waals surface area contributed by atoms with Crippen molar-refractivity contribution in [3.63, 3.8) is 0 Å². The zero-order valence-corrected chi connectivity index (χ0v) is 10.9. The molecule has 96 valence electrons. The minimum absolute atomic E-state index is 0.163. The van der Waals surface area contributed by atoms with Crippen LogP contribution in [0.4, 0.5) is 0 Å². The van der Waals surface area contributed by atoms with Gasteiger partial charge in [0.2, 0.25) is 5.91 Å². The number of nitrogens with one attached hydrogen (secondary N) is 1. The number of rotatable bonds is 7. The smallest absolute Gasteiger partial charge is 0.240 e. The first-order valence-electron chi connectivity index (χ1n) is 5.60. The lowest BCUT2D eigenvalue weighted by atomic mass is 9.93. The number of nitrogens with two attached hydrogens (primary N) is 1. The van der Waals surface area contributed by atoms with E-state index in [-0.39, 0.29) is 11.9 Å². The average molecular weight is 232 g/mol. The third-order valence-corrected chi connectivity index (χ3v) is 2.95. The predicted octanol–water partition coefficient (Wildman–Crippen LogP) is 0.628. The fourth-order valence-electron chi connectivity index (χ4n) is 1.49. The summed E-state index contributed by atoms with van der Waals surface area (Å²) in [6.07, 6.45) is 0.751. The number of methoxy groups -OCH3 is 2. The zero-order chi connectivity index (χ0) is 12.8. The molecule has 16 heavy (non-hydrogen) atoms. The largest absolute Gasteiger partial charge is 0.354 e. The Kier molecular flexibility index (Phi) is 6.55. The van der Waals surface area contributed by atoms with Gasteiger partial charge in [-0.1, -0.05) is 13.8 Å². The maximum atomic E-state index is 11.9. The van der Waals surface area contributed by atoms with Gasteiger partial charge in [-0.2, -0.15) is 0 Å². The topological polar surface area (TPSA) is 73.6 Å². The number of amides is 1. The number of hydrogen-bond donors (Lipinski definition) is 2. The summed E-state index contributed by atoms with van der Waals surface area (Å²) in [4.78, 5) is 11.9. The molecule has 0 saturated carbocycles. The molecule has 0 aromatic carbocycles. The maximum absolute atomic E-state index is 11.9. The summed E-state index contributed by atoms with van der Waals surface area (Å²) in [6, 6.07) is -0.233. The first-order chi connectivity index (χ1) is 7.45. The Bertz CT molecular complexity index is 213. The van der Waals surface area contributed by atoms with Crippen LogP contribution in [-0.2, 0) is 14.3 Å². The Morgan fingerprint density at radius 1 is 1.31 bits per heavy atom. The highest BCUT2D eigenvalue weighted by molar-refractivity contribution is 5.86. The Hall–Kier alpha value is -0.650. The molecular weight excluding hydrogens is 208 g/mol. The van der Waals surface area contributed by atoms with E-state index in [1.165, 1.54) is 14.2 Å². The quantitative estimate of drug-likeness (QED) is 0.631. The Morgan fingerprint density at radius 2 is 1.75 bits per heavy atom. The van der Waals surface area contributed by atoms with Crippen molar-refractivity contribution in [2.75, 3.05) is 14.2 Å². The van der Waals surface area contributed by atoms with Crippen molar-refractivity contribution in [1.82, 2.24) is 5.32 Å². The van der Waals surface area contributed by atoms with E-state index in [2.05, 4.69) is 5.32 Å². The van der Waals surface area contributed by atoms with Crippen LogP contribution in [0.15, 0.2) is 0 Å². The Labute approximate surface area is 97.7 Å². The summed E-state index contributed by atoms with van der Waals surface area (Å²) >= 11 is 0. The van der Waals surface area contributed by atoms with Crippen molar-refractivity contribution >= 4 is 5.91 Å². The van der Waals surface area contributed by atoms with Gasteiger partial charge in [0.25, 0.3) is 0 Å². The van der Waals surface area contributed by atoms with Crippen LogP contribution in [0.25, 0.3) is 0 Å². The van der Waals surface area contributed by atoms with Crippen LogP contribution in [0.1, 0.15) is 33.6 Å². The van der Waals surface area contributed by atoms with E-state index in [1.807, 2.05) is 20.8 Å². The molecule has 0 fully saturated rings. The maximum Gasteiger partial charge on any atom is 0.240 e. The molecule has 5 heteroatoms. The Balaban J connectivity index is 4.43. The van der Waals surface area contributed by atoms with Crippen LogP contribution in [0, 0.1) is 0 Å². The minimum atomic E-state index is -0.805. The highest BCUT2D eigenvalue weighted by atomic mass is 16.7. The van der Waals surface area contributed by atoms with Crippen molar-refractivity contribution in [2.24, 2.45) is 5.73 Å². The fraction of sp³-hybridized carbons (Fsp3) is 0.909. The Morgan fingerprint density at radius 3 is 2.06 bits per heavy atom. The van der Waals surface area contributed by atoms with Crippen LogP contribution >= 0.6 is 0 Å². The second-order valence-electron chi connectivity index (χ2n) is 3.97. The number of ether oxygens (including phenoxy) is 2. The van der Waals surface area contributed by atoms with Gasteiger partial charge in [0.15, 0.2) is 6.29 Å². The summed E-state index contributed by atoms with van der Waals surface area (Å²) in [5, 5.41) is 2.81. The number of carbonyl (C=O) groups excluding carboxylic acids is 1. The molecule has 0 aliphatic heterocycles. The lowest BCUT2D eigenvalue weighted by Gasteiger charge is -2.29. The molecule has 0 heterocycles. The van der Waals surface area contributed by atoms with Crippen molar-refractivity contribution in [3.05, 3.63) is 0 Å². The summed E-state index contributed by atoms with van der Waals surface area (Å²) in [5.41, 5.74) is 5.17. The molecule has 0 saturated heterocycles. The van der Waals surface area contributed by atoms with Gasteiger partial charge in [-0.05, 0) is 19.8 Å². The van der Waals surface area contributed by atoms with Gasteiger partial charge in [-0.25, -0.2) is 0 Å². The summed E-state index contributed by atoms with van der Waals surface area (Å²) in [5.74, 6) is -0.163. The molecule has 1 atom stereocenters. The lowest BCUT2D eigenvalue weighted by Crippen LogP contribution is -2.57. The third kappa shape index (κ3) is 3.73. The average Bonchev–Trinajstić information content (AvgIpc) is 2.29. The summed E-state index contributed by atoms with van der Waals surface area (Å²) in [6.45, 7) is 5.62. The van der Waals surface area contributed by atoms with Gasteiger partial charge in [-0.15, -0.1) is 0 Å². The molecule has 0 aromatic heterocycles. The van der Waals surface area contributed by atoms with E-state index >= 15 is 0 Å². The zero-order valence-electron chi connectivity index (χ0n) is 10.9. The van der Waals surface area contributed by atoms with Crippen molar-refractivity contribution in [3.8, 4) is 0 Å². The molecule has 0 aliphatic carbocycles. The molecule has 0 aromatic rings. The monoisotopic (exact) mass is 232 g/mol. The lowest BCUT2D eigenvalue weighted by molar-refractivity contribution is -0.139. The van der Waals surface area contributed by atoms with E-state index in [0.29, 0.717) is 12.8 Å². The van der Waals surface area contributed by atoms with Gasteiger partial charge in [0.05, 0.1) is 11.6 Å². The van der Waals surface area contributed by atoms with Crippen molar-refractivity contribution in [2.45, 2.75) is 51.5 Å². The van der Waals surface area contributed by atoms with E-state index in [1.54, 1.807) is 0 Å². The van der Waals surface area contributed by atoms with Gasteiger partial charge in [0.1, 0.15) is 0 Å². The molecule has 0 spiro atoms. The second kappa shape index (κ2) is 6.83.